The molecule has 6 nitrogen and oxygen atoms in total. The van der Waals surface area contributed by atoms with Crippen molar-refractivity contribution < 1.29 is 23.1 Å². The number of nitrogens with zero attached hydrogens (tertiary/aromatic N) is 3. The number of rotatable bonds is 9. The van der Waals surface area contributed by atoms with Crippen LogP contribution in [0.1, 0.15) is 35.4 Å². The number of carbonyl (C=O) groups excluding carboxylic acids is 2. The first-order valence-electron chi connectivity index (χ1n) is 10.5. The van der Waals surface area contributed by atoms with Crippen molar-refractivity contribution in [2.45, 2.75) is 31.6 Å². The van der Waals surface area contributed by atoms with Crippen LogP contribution >= 0.6 is 0 Å². The van der Waals surface area contributed by atoms with Crippen LogP contribution in [0.15, 0.2) is 29.5 Å². The molecule has 9 heteroatoms. The van der Waals surface area contributed by atoms with E-state index in [1.54, 1.807) is 31.1 Å². The Morgan fingerprint density at radius 2 is 2.09 bits per heavy atom. The van der Waals surface area contributed by atoms with Crippen molar-refractivity contribution in [3.05, 3.63) is 46.2 Å². The fourth-order valence-electron chi connectivity index (χ4n) is 4.15. The molecule has 1 radical (unpaired) electrons. The molecule has 1 saturated heterocycles. The molecule has 1 aliphatic heterocycles. The van der Waals surface area contributed by atoms with Gasteiger partial charge in [-0.15, -0.1) is 0 Å². The molecule has 2 aliphatic rings. The number of carbonyl (C=O) groups is 2. The summed E-state index contributed by atoms with van der Waals surface area (Å²) in [6.45, 7) is 0.679. The zero-order chi connectivity index (χ0) is 23.3. The van der Waals surface area contributed by atoms with Gasteiger partial charge in [0.25, 0.3) is 13.8 Å². The molecule has 1 aromatic rings. The van der Waals surface area contributed by atoms with E-state index in [4.69, 9.17) is 4.74 Å². The highest BCUT2D eigenvalue weighted by Crippen LogP contribution is 2.39. The fraction of sp³-hybridized carbons (Fsp3) is 0.435. The summed E-state index contributed by atoms with van der Waals surface area (Å²) in [5.74, 6) is 0.162. The van der Waals surface area contributed by atoms with Gasteiger partial charge < -0.3 is 19.2 Å². The number of hydrogen-bond donors (Lipinski definition) is 0. The zero-order valence-electron chi connectivity index (χ0n) is 18.2. The lowest BCUT2D eigenvalue weighted by Gasteiger charge is -2.32. The third-order valence-corrected chi connectivity index (χ3v) is 5.63. The summed E-state index contributed by atoms with van der Waals surface area (Å²) in [5, 5.41) is 9.35. The van der Waals surface area contributed by atoms with Crippen molar-refractivity contribution in [2.24, 2.45) is 0 Å². The molecule has 1 aromatic carbocycles. The third-order valence-electron chi connectivity index (χ3n) is 5.63. The van der Waals surface area contributed by atoms with Gasteiger partial charge in [0.1, 0.15) is 24.0 Å². The Morgan fingerprint density at radius 1 is 1.38 bits per heavy atom. The van der Waals surface area contributed by atoms with Gasteiger partial charge in [-0.1, -0.05) is 6.07 Å². The molecule has 0 bridgehead atoms. The minimum Gasteiger partial charge on any atom is -0.487 e. The second kappa shape index (κ2) is 10.6. The average Bonchev–Trinajstić information content (AvgIpc) is 3.18. The average molecular weight is 440 g/mol. The molecule has 0 aromatic heterocycles. The molecule has 32 heavy (non-hydrogen) atoms. The monoisotopic (exact) mass is 440 g/mol. The maximum absolute atomic E-state index is 12.8. The predicted octanol–water partition coefficient (Wildman–Crippen LogP) is 2.80. The van der Waals surface area contributed by atoms with Crippen molar-refractivity contribution in [1.82, 2.24) is 9.71 Å². The lowest BCUT2D eigenvalue weighted by atomic mass is 9.83. The summed E-state index contributed by atoms with van der Waals surface area (Å²) in [4.78, 5) is 27.1. The number of Topliss-reactive ketones (excluding diaryl/α,β-unsaturated/α-hetero) is 1. The van der Waals surface area contributed by atoms with E-state index in [0.29, 0.717) is 30.8 Å². The first-order chi connectivity index (χ1) is 15.3. The number of ether oxygens (including phenoxy) is 1. The number of halogens is 2. The van der Waals surface area contributed by atoms with E-state index in [0.717, 1.165) is 35.7 Å². The number of fused-ring (bicyclic) bond motifs is 1. The predicted molar refractivity (Wildman–Crippen MR) is 118 cm³/mol. The van der Waals surface area contributed by atoms with Gasteiger partial charge in [-0.3, -0.25) is 4.79 Å². The summed E-state index contributed by atoms with van der Waals surface area (Å²) >= 11 is 0. The van der Waals surface area contributed by atoms with Crippen molar-refractivity contribution in [2.75, 3.05) is 33.8 Å². The van der Waals surface area contributed by atoms with E-state index in [1.807, 2.05) is 16.9 Å². The van der Waals surface area contributed by atoms with Gasteiger partial charge >= 0.3 is 0 Å². The number of allylic oxidation sites excluding steroid dienone is 2. The first-order valence-corrected chi connectivity index (χ1v) is 10.5. The maximum atomic E-state index is 12.8. The Labute approximate surface area is 187 Å². The number of hydrogen-bond acceptors (Lipinski definition) is 6. The van der Waals surface area contributed by atoms with Crippen LogP contribution < -0.4 is 4.74 Å². The third kappa shape index (κ3) is 5.62. The molecular weight excluding hydrogens is 415 g/mol. The Kier molecular flexibility index (Phi) is 7.81. The second-order valence-corrected chi connectivity index (χ2v) is 8.18. The number of piperidine rings is 1. The highest BCUT2D eigenvalue weighted by atomic mass is 19.3. The molecule has 1 fully saturated rings. The van der Waals surface area contributed by atoms with Crippen LogP contribution in [0.4, 0.5) is 8.78 Å². The van der Waals surface area contributed by atoms with E-state index in [2.05, 4.69) is 0 Å². The molecule has 0 N–H and O–H groups in total. The molecule has 1 heterocycles. The minimum absolute atomic E-state index is 0.0438. The maximum Gasteiger partial charge on any atom is 0.293 e. The zero-order valence-corrected chi connectivity index (χ0v) is 18.2. The summed E-state index contributed by atoms with van der Waals surface area (Å²) < 4.78 is 31.1. The molecule has 0 saturated carbocycles. The molecule has 167 valence electrons. The number of nitriles is 1. The smallest absolute Gasteiger partial charge is 0.293 e. The fourth-order valence-corrected chi connectivity index (χ4v) is 4.15. The molecule has 0 spiro atoms. The molecule has 1 aliphatic carbocycles. The van der Waals surface area contributed by atoms with Gasteiger partial charge in [-0.05, 0) is 60.7 Å². The van der Waals surface area contributed by atoms with Crippen LogP contribution in [0.5, 0.6) is 5.75 Å². The van der Waals surface area contributed by atoms with Crippen molar-refractivity contribution in [3.8, 4) is 11.8 Å². The number of benzene rings is 1. The van der Waals surface area contributed by atoms with Crippen molar-refractivity contribution >= 4 is 25.5 Å². The number of ketones is 1. The van der Waals surface area contributed by atoms with Crippen LogP contribution in [0.3, 0.4) is 0 Å². The van der Waals surface area contributed by atoms with Crippen molar-refractivity contribution in [3.63, 3.8) is 0 Å². The Morgan fingerprint density at radius 3 is 2.69 bits per heavy atom. The lowest BCUT2D eigenvalue weighted by Crippen LogP contribution is -2.36. The topological polar surface area (TPSA) is 73.6 Å². The second-order valence-electron chi connectivity index (χ2n) is 8.18. The van der Waals surface area contributed by atoms with Gasteiger partial charge in [-0.2, -0.15) is 5.26 Å². The Bertz CT molecular complexity index is 977. The van der Waals surface area contributed by atoms with Gasteiger partial charge in [-0.25, -0.2) is 8.78 Å². The summed E-state index contributed by atoms with van der Waals surface area (Å²) in [5.41, 5.74) is 3.04. The van der Waals surface area contributed by atoms with Crippen molar-refractivity contribution in [1.29, 1.82) is 5.26 Å². The first kappa shape index (κ1) is 23.7. The lowest BCUT2D eigenvalue weighted by molar-refractivity contribution is -0.111. The van der Waals surface area contributed by atoms with Gasteiger partial charge in [0.05, 0.1) is 6.19 Å². The number of alkyl halides is 2. The van der Waals surface area contributed by atoms with Gasteiger partial charge in [0.15, 0.2) is 0 Å². The van der Waals surface area contributed by atoms with Crippen LogP contribution in [0.25, 0.3) is 6.08 Å². The quantitative estimate of drug-likeness (QED) is 0.255. The Hall–Kier alpha value is -2.99. The summed E-state index contributed by atoms with van der Waals surface area (Å²) in [6.07, 6.45) is 3.26. The largest absolute Gasteiger partial charge is 0.487 e. The van der Waals surface area contributed by atoms with E-state index < -0.39 is 13.0 Å². The summed E-state index contributed by atoms with van der Waals surface area (Å²) in [7, 11) is 4.99. The minimum atomic E-state index is -2.60. The summed E-state index contributed by atoms with van der Waals surface area (Å²) in [6, 6.07) is 5.61. The highest BCUT2D eigenvalue weighted by molar-refractivity contribution is 6.64. The standard InChI is InChI=1S/C23H25BF2N3O3/c1-28(2)12-19(11-27)23(31)18-7-16-9-20(15-3-5-29(6-4-15)24-14-30)21(10-17(16)8-18)32-13-22(25)26/h8-10,12,14-15,22H,3-7,13H2,1-2H3/b19-12+. The SMILES string of the molecule is CN(C)/C=C(\C#N)C(=O)C1=Cc2cc(OCC(F)F)c(C3CCN([B]C=O)CC3)cc2C1. The van der Waals surface area contributed by atoms with E-state index in [9.17, 15) is 23.6 Å². The van der Waals surface area contributed by atoms with E-state index in [1.165, 1.54) is 13.6 Å². The molecule has 3 rings (SSSR count). The highest BCUT2D eigenvalue weighted by Gasteiger charge is 2.28. The van der Waals surface area contributed by atoms with Crippen LogP contribution in [-0.4, -0.2) is 69.3 Å². The molecule has 0 unspecified atom stereocenters. The molecular formula is C23H25BF2N3O3. The van der Waals surface area contributed by atoms with Crippen LogP contribution in [0.2, 0.25) is 0 Å². The molecule has 0 atom stereocenters. The van der Waals surface area contributed by atoms with E-state index in [-0.39, 0.29) is 17.3 Å². The van der Waals surface area contributed by atoms with Crippen LogP contribution in [-0.2, 0) is 16.0 Å². The van der Waals surface area contributed by atoms with Gasteiger partial charge in [0.2, 0.25) is 5.78 Å². The van der Waals surface area contributed by atoms with Gasteiger partial charge in [0, 0.05) is 32.3 Å². The molecule has 0 amide bonds. The van der Waals surface area contributed by atoms with Crippen LogP contribution in [0, 0.1) is 11.3 Å². The normalized spacial score (nSPS) is 16.9. The van der Waals surface area contributed by atoms with E-state index >= 15 is 0 Å². The Balaban J connectivity index is 1.87.